The smallest absolute Gasteiger partial charge is 0.409 e. The number of hydrogen-bond donors (Lipinski definition) is 2. The van der Waals surface area contributed by atoms with Gasteiger partial charge in [-0.05, 0) is 44.4 Å². The number of ether oxygens (including phenoxy) is 1. The summed E-state index contributed by atoms with van der Waals surface area (Å²) in [4.78, 5) is 18.4. The fourth-order valence-electron chi connectivity index (χ4n) is 3.08. The molecular weight excluding hydrogens is 406 g/mol. The van der Waals surface area contributed by atoms with Crippen molar-refractivity contribution in [2.75, 3.05) is 40.3 Å². The molecule has 0 atom stereocenters. The van der Waals surface area contributed by atoms with Crippen LogP contribution in [0.2, 0.25) is 0 Å². The summed E-state index contributed by atoms with van der Waals surface area (Å²) in [5, 5.41) is 6.66. The molecule has 1 aliphatic heterocycles. The number of carbonyl (C=O) groups excluding carboxylic acids is 1. The van der Waals surface area contributed by atoms with Crippen LogP contribution in [0.3, 0.4) is 0 Å². The lowest BCUT2D eigenvalue weighted by atomic mass is 10.1. The van der Waals surface area contributed by atoms with Crippen molar-refractivity contribution in [1.82, 2.24) is 19.8 Å². The molecule has 0 unspecified atom stereocenters. The molecule has 1 aliphatic rings. The van der Waals surface area contributed by atoms with Gasteiger partial charge in [0.2, 0.25) is 10.0 Å². The van der Waals surface area contributed by atoms with Crippen LogP contribution in [0.5, 0.6) is 0 Å². The standard InChI is InChI=1S/C20H33N5O4S/c1-5-21-19(23-17-11-13-25(14-12-17)20(26)29-6-2)22-15-16-7-9-18(10-8-16)30(27,28)24(3)4/h7-10,17H,5-6,11-15H2,1-4H3,(H2,21,22,23). The summed E-state index contributed by atoms with van der Waals surface area (Å²) >= 11 is 0. The molecule has 0 aromatic heterocycles. The van der Waals surface area contributed by atoms with E-state index in [4.69, 9.17) is 4.74 Å². The Hall–Kier alpha value is -2.33. The van der Waals surface area contributed by atoms with E-state index in [0.717, 1.165) is 24.9 Å². The van der Waals surface area contributed by atoms with Crippen LogP contribution in [0.1, 0.15) is 32.3 Å². The fraction of sp³-hybridized carbons (Fsp3) is 0.600. The summed E-state index contributed by atoms with van der Waals surface area (Å²) in [7, 11) is -0.405. The van der Waals surface area contributed by atoms with Gasteiger partial charge in [-0.3, -0.25) is 0 Å². The minimum Gasteiger partial charge on any atom is -0.450 e. The molecule has 1 aromatic carbocycles. The van der Waals surface area contributed by atoms with Crippen LogP contribution in [0, 0.1) is 0 Å². The van der Waals surface area contributed by atoms with Crippen LogP contribution >= 0.6 is 0 Å². The number of sulfonamides is 1. The van der Waals surface area contributed by atoms with Crippen LogP contribution in [0.15, 0.2) is 34.2 Å². The highest BCUT2D eigenvalue weighted by atomic mass is 32.2. The van der Waals surface area contributed by atoms with Crippen molar-refractivity contribution >= 4 is 22.1 Å². The molecule has 0 saturated carbocycles. The van der Waals surface area contributed by atoms with Gasteiger partial charge >= 0.3 is 6.09 Å². The molecule has 0 bridgehead atoms. The SMILES string of the molecule is CCNC(=NCc1ccc(S(=O)(=O)N(C)C)cc1)NC1CCN(C(=O)OCC)CC1. The summed E-state index contributed by atoms with van der Waals surface area (Å²) in [6.07, 6.45) is 1.39. The third-order valence-electron chi connectivity index (χ3n) is 4.83. The maximum absolute atomic E-state index is 12.2. The molecule has 2 rings (SSSR count). The van der Waals surface area contributed by atoms with Gasteiger partial charge in [0.25, 0.3) is 0 Å². The van der Waals surface area contributed by atoms with E-state index in [0.29, 0.717) is 32.2 Å². The van der Waals surface area contributed by atoms with Crippen molar-refractivity contribution in [1.29, 1.82) is 0 Å². The van der Waals surface area contributed by atoms with E-state index in [1.807, 2.05) is 6.92 Å². The Balaban J connectivity index is 1.94. The molecule has 1 aromatic rings. The summed E-state index contributed by atoms with van der Waals surface area (Å²) in [6.45, 7) is 6.65. The zero-order valence-corrected chi connectivity index (χ0v) is 19.0. The maximum Gasteiger partial charge on any atom is 0.409 e. The first-order valence-electron chi connectivity index (χ1n) is 10.3. The molecule has 0 spiro atoms. The number of hydrogen-bond acceptors (Lipinski definition) is 5. The van der Waals surface area contributed by atoms with Crippen molar-refractivity contribution in [3.8, 4) is 0 Å². The number of nitrogens with zero attached hydrogens (tertiary/aromatic N) is 3. The third kappa shape index (κ3) is 6.60. The first kappa shape index (κ1) is 23.9. The van der Waals surface area contributed by atoms with Crippen molar-refractivity contribution < 1.29 is 17.9 Å². The molecule has 0 aliphatic carbocycles. The minimum atomic E-state index is -3.43. The Morgan fingerprint density at radius 3 is 2.37 bits per heavy atom. The molecule has 1 heterocycles. The molecule has 10 heteroatoms. The Kier molecular flexibility index (Phi) is 8.91. The van der Waals surface area contributed by atoms with Crippen molar-refractivity contribution in [2.24, 2.45) is 4.99 Å². The Morgan fingerprint density at radius 1 is 1.20 bits per heavy atom. The lowest BCUT2D eigenvalue weighted by Crippen LogP contribution is -2.49. The number of benzene rings is 1. The zero-order valence-electron chi connectivity index (χ0n) is 18.2. The number of aliphatic imine (C=N–C) groups is 1. The molecule has 1 saturated heterocycles. The van der Waals surface area contributed by atoms with E-state index < -0.39 is 10.0 Å². The fourth-order valence-corrected chi connectivity index (χ4v) is 3.98. The van der Waals surface area contributed by atoms with Gasteiger partial charge in [0, 0.05) is 39.8 Å². The zero-order chi connectivity index (χ0) is 22.1. The van der Waals surface area contributed by atoms with Gasteiger partial charge in [0.15, 0.2) is 5.96 Å². The minimum absolute atomic E-state index is 0.223. The highest BCUT2D eigenvalue weighted by Gasteiger charge is 2.24. The molecule has 168 valence electrons. The van der Waals surface area contributed by atoms with E-state index in [-0.39, 0.29) is 17.0 Å². The lowest BCUT2D eigenvalue weighted by molar-refractivity contribution is 0.0963. The van der Waals surface area contributed by atoms with Gasteiger partial charge in [-0.25, -0.2) is 22.5 Å². The topological polar surface area (TPSA) is 103 Å². The molecule has 2 N–H and O–H groups in total. The second kappa shape index (κ2) is 11.2. The maximum atomic E-state index is 12.2. The molecule has 30 heavy (non-hydrogen) atoms. The van der Waals surface area contributed by atoms with Gasteiger partial charge < -0.3 is 20.3 Å². The second-order valence-corrected chi connectivity index (χ2v) is 9.38. The number of likely N-dealkylation sites (tertiary alicyclic amines) is 1. The van der Waals surface area contributed by atoms with Gasteiger partial charge in [0.1, 0.15) is 0 Å². The number of carbonyl (C=O) groups is 1. The average Bonchev–Trinajstić information content (AvgIpc) is 2.73. The van der Waals surface area contributed by atoms with Gasteiger partial charge in [-0.2, -0.15) is 0 Å². The van der Waals surface area contributed by atoms with E-state index in [1.54, 1.807) is 36.1 Å². The Morgan fingerprint density at radius 2 is 1.83 bits per heavy atom. The van der Waals surface area contributed by atoms with Crippen LogP contribution < -0.4 is 10.6 Å². The first-order valence-corrected chi connectivity index (χ1v) is 11.7. The average molecular weight is 440 g/mol. The second-order valence-electron chi connectivity index (χ2n) is 7.23. The van der Waals surface area contributed by atoms with Gasteiger partial charge in [0.05, 0.1) is 18.0 Å². The predicted molar refractivity (Wildman–Crippen MR) is 117 cm³/mol. The number of rotatable bonds is 7. The highest BCUT2D eigenvalue weighted by molar-refractivity contribution is 7.89. The van der Waals surface area contributed by atoms with Crippen molar-refractivity contribution in [2.45, 2.75) is 44.2 Å². The largest absolute Gasteiger partial charge is 0.450 e. The predicted octanol–water partition coefficient (Wildman–Crippen LogP) is 1.61. The number of nitrogens with one attached hydrogen (secondary N) is 2. The normalized spacial score (nSPS) is 15.9. The van der Waals surface area contributed by atoms with E-state index >= 15 is 0 Å². The van der Waals surface area contributed by atoms with Crippen LogP contribution in [-0.4, -0.2) is 76.1 Å². The van der Waals surface area contributed by atoms with E-state index in [1.165, 1.54) is 18.4 Å². The monoisotopic (exact) mass is 439 g/mol. The van der Waals surface area contributed by atoms with E-state index in [9.17, 15) is 13.2 Å². The molecule has 1 fully saturated rings. The lowest BCUT2D eigenvalue weighted by Gasteiger charge is -2.32. The molecule has 0 radical (unpaired) electrons. The van der Waals surface area contributed by atoms with Crippen LogP contribution in [0.4, 0.5) is 4.79 Å². The third-order valence-corrected chi connectivity index (χ3v) is 6.66. The number of guanidine groups is 1. The Bertz CT molecular complexity index is 816. The van der Waals surface area contributed by atoms with Crippen LogP contribution in [-0.2, 0) is 21.3 Å². The number of piperidine rings is 1. The quantitative estimate of drug-likeness (QED) is 0.494. The van der Waals surface area contributed by atoms with Crippen molar-refractivity contribution in [3.63, 3.8) is 0 Å². The summed E-state index contributed by atoms with van der Waals surface area (Å²) in [6, 6.07) is 6.99. The molecule has 9 nitrogen and oxygen atoms in total. The first-order chi connectivity index (χ1) is 14.3. The Labute approximate surface area is 179 Å². The summed E-state index contributed by atoms with van der Waals surface area (Å²) in [5.74, 6) is 0.706. The molecular formula is C20H33N5O4S. The van der Waals surface area contributed by atoms with E-state index in [2.05, 4.69) is 15.6 Å². The van der Waals surface area contributed by atoms with Crippen molar-refractivity contribution in [3.05, 3.63) is 29.8 Å². The van der Waals surface area contributed by atoms with Gasteiger partial charge in [-0.1, -0.05) is 12.1 Å². The van der Waals surface area contributed by atoms with Gasteiger partial charge in [-0.15, -0.1) is 0 Å². The summed E-state index contributed by atoms with van der Waals surface area (Å²) < 4.78 is 30.6. The summed E-state index contributed by atoms with van der Waals surface area (Å²) in [5.41, 5.74) is 0.919. The van der Waals surface area contributed by atoms with Crippen LogP contribution in [0.25, 0.3) is 0 Å². The molecule has 1 amide bonds. The highest BCUT2D eigenvalue weighted by Crippen LogP contribution is 2.15. The number of amides is 1.